The maximum Gasteiger partial charge on any atom is 0.343 e. The molecule has 160 valence electrons. The molecular formula is C25H23Br2NO3. The molecule has 0 bridgehead atoms. The lowest BCUT2D eigenvalue weighted by molar-refractivity contribution is 0.0728. The molecule has 0 aliphatic carbocycles. The Bertz CT molecular complexity index is 1100. The second kappa shape index (κ2) is 9.55. The molecule has 0 saturated carbocycles. The van der Waals surface area contributed by atoms with Gasteiger partial charge in [0, 0.05) is 27.1 Å². The second-order valence-electron chi connectivity index (χ2n) is 7.60. The number of ether oxygens (including phenoxy) is 2. The Morgan fingerprint density at radius 1 is 1.06 bits per heavy atom. The summed E-state index contributed by atoms with van der Waals surface area (Å²) in [5.41, 5.74) is 3.93. The highest BCUT2D eigenvalue weighted by Crippen LogP contribution is 2.42. The zero-order valence-electron chi connectivity index (χ0n) is 17.4. The average Bonchev–Trinajstić information content (AvgIpc) is 2.79. The molecule has 0 radical (unpaired) electrons. The van der Waals surface area contributed by atoms with E-state index in [9.17, 15) is 4.79 Å². The molecule has 0 saturated heterocycles. The van der Waals surface area contributed by atoms with Gasteiger partial charge in [-0.25, -0.2) is 4.79 Å². The number of carbonyl (C=O) groups is 1. The first-order valence-electron chi connectivity index (χ1n) is 10.1. The Morgan fingerprint density at radius 3 is 2.55 bits per heavy atom. The topological polar surface area (TPSA) is 38.8 Å². The van der Waals surface area contributed by atoms with Gasteiger partial charge in [-0.2, -0.15) is 0 Å². The van der Waals surface area contributed by atoms with E-state index in [1.165, 1.54) is 5.56 Å². The number of hydrogen-bond acceptors (Lipinski definition) is 4. The van der Waals surface area contributed by atoms with E-state index in [1.807, 2.05) is 42.5 Å². The van der Waals surface area contributed by atoms with Crippen LogP contribution >= 0.6 is 31.9 Å². The van der Waals surface area contributed by atoms with Gasteiger partial charge in [-0.15, -0.1) is 0 Å². The number of halogens is 2. The number of nitrogens with zero attached hydrogens (tertiary/aromatic N) is 1. The van der Waals surface area contributed by atoms with Crippen LogP contribution in [0.1, 0.15) is 33.1 Å². The minimum atomic E-state index is -0.348. The number of carbonyl (C=O) groups excluding carboxylic acids is 1. The maximum atomic E-state index is 12.8. The average molecular weight is 545 g/mol. The van der Waals surface area contributed by atoms with Crippen LogP contribution in [0.3, 0.4) is 0 Å². The van der Waals surface area contributed by atoms with E-state index in [0.717, 1.165) is 45.2 Å². The van der Waals surface area contributed by atoms with Crippen LogP contribution in [0.4, 0.5) is 0 Å². The molecule has 3 aromatic carbocycles. The Balaban J connectivity index is 1.73. The minimum Gasteiger partial charge on any atom is -0.497 e. The third-order valence-electron chi connectivity index (χ3n) is 5.72. The Hall–Kier alpha value is -2.15. The third kappa shape index (κ3) is 4.71. The molecule has 3 aromatic rings. The summed E-state index contributed by atoms with van der Waals surface area (Å²) < 4.78 is 13.4. The second-order valence-corrected chi connectivity index (χ2v) is 9.31. The van der Waals surface area contributed by atoms with E-state index in [0.29, 0.717) is 11.3 Å². The largest absolute Gasteiger partial charge is 0.497 e. The number of fused-ring (bicyclic) bond motifs is 1. The van der Waals surface area contributed by atoms with Crippen molar-refractivity contribution in [1.29, 1.82) is 0 Å². The lowest BCUT2D eigenvalue weighted by Crippen LogP contribution is -2.34. The van der Waals surface area contributed by atoms with Gasteiger partial charge in [0.15, 0.2) is 0 Å². The molecule has 31 heavy (non-hydrogen) atoms. The molecule has 1 unspecified atom stereocenters. The van der Waals surface area contributed by atoms with E-state index < -0.39 is 0 Å². The summed E-state index contributed by atoms with van der Waals surface area (Å²) >= 11 is 7.39. The van der Waals surface area contributed by atoms with Crippen molar-refractivity contribution in [2.45, 2.75) is 18.9 Å². The number of rotatable bonds is 5. The van der Waals surface area contributed by atoms with Crippen molar-refractivity contribution in [3.05, 3.63) is 91.9 Å². The summed E-state index contributed by atoms with van der Waals surface area (Å²) in [6.45, 7) is 0.925. The predicted molar refractivity (Wildman–Crippen MR) is 129 cm³/mol. The molecule has 6 heteroatoms. The smallest absolute Gasteiger partial charge is 0.343 e. The van der Waals surface area contributed by atoms with Crippen LogP contribution in [0.25, 0.3) is 0 Å². The van der Waals surface area contributed by atoms with Crippen LogP contribution in [0.5, 0.6) is 11.5 Å². The fourth-order valence-electron chi connectivity index (χ4n) is 4.02. The standard InChI is InChI=1S/C25H23Br2NO3/c1-28-13-12-19-21(27)10-11-23(31-25(29)16-6-4-3-5-7-16)24(19)22(28)15-17-14-18(30-2)8-9-20(17)26/h3-11,14,22H,12-13,15H2,1-2H3. The number of hydrogen-bond donors (Lipinski definition) is 0. The summed E-state index contributed by atoms with van der Waals surface area (Å²) in [4.78, 5) is 15.1. The van der Waals surface area contributed by atoms with Gasteiger partial charge in [0.25, 0.3) is 0 Å². The molecule has 0 N–H and O–H groups in total. The van der Waals surface area contributed by atoms with Crippen molar-refractivity contribution < 1.29 is 14.3 Å². The molecule has 4 nitrogen and oxygen atoms in total. The van der Waals surface area contributed by atoms with Crippen molar-refractivity contribution in [2.75, 3.05) is 20.7 Å². The molecule has 1 atom stereocenters. The van der Waals surface area contributed by atoms with Crippen molar-refractivity contribution in [3.63, 3.8) is 0 Å². The summed E-state index contributed by atoms with van der Waals surface area (Å²) in [6.07, 6.45) is 1.65. The van der Waals surface area contributed by atoms with Gasteiger partial charge >= 0.3 is 5.97 Å². The lowest BCUT2D eigenvalue weighted by Gasteiger charge is -2.36. The number of methoxy groups -OCH3 is 1. The van der Waals surface area contributed by atoms with E-state index in [1.54, 1.807) is 19.2 Å². The Kier molecular flexibility index (Phi) is 6.80. The fourth-order valence-corrected chi connectivity index (χ4v) is 4.98. The van der Waals surface area contributed by atoms with Gasteiger partial charge in [0.05, 0.1) is 12.7 Å². The molecule has 1 aliphatic heterocycles. The molecule has 1 heterocycles. The van der Waals surface area contributed by atoms with E-state index >= 15 is 0 Å². The van der Waals surface area contributed by atoms with Gasteiger partial charge in [-0.3, -0.25) is 4.90 Å². The highest BCUT2D eigenvalue weighted by Gasteiger charge is 2.31. The normalized spacial score (nSPS) is 15.9. The zero-order valence-corrected chi connectivity index (χ0v) is 20.6. The summed E-state index contributed by atoms with van der Waals surface area (Å²) in [5, 5.41) is 0. The van der Waals surface area contributed by atoms with Crippen LogP contribution in [0, 0.1) is 0 Å². The first-order valence-corrected chi connectivity index (χ1v) is 11.7. The van der Waals surface area contributed by atoms with Gasteiger partial charge in [-0.1, -0.05) is 50.1 Å². The number of benzene rings is 3. The van der Waals surface area contributed by atoms with Crippen LogP contribution in [0.15, 0.2) is 69.6 Å². The van der Waals surface area contributed by atoms with Crippen LogP contribution < -0.4 is 9.47 Å². The van der Waals surface area contributed by atoms with Crippen LogP contribution in [0.2, 0.25) is 0 Å². The monoisotopic (exact) mass is 543 g/mol. The molecule has 0 fully saturated rings. The predicted octanol–water partition coefficient (Wildman–Crippen LogP) is 6.21. The van der Waals surface area contributed by atoms with Crippen molar-refractivity contribution in [3.8, 4) is 11.5 Å². The zero-order chi connectivity index (χ0) is 22.0. The highest BCUT2D eigenvalue weighted by molar-refractivity contribution is 9.10. The quantitative estimate of drug-likeness (QED) is 0.283. The van der Waals surface area contributed by atoms with Crippen molar-refractivity contribution >= 4 is 37.8 Å². The van der Waals surface area contributed by atoms with Gasteiger partial charge < -0.3 is 9.47 Å². The SMILES string of the molecule is COc1ccc(Br)c(CC2c3c(OC(=O)c4ccccc4)ccc(Br)c3CCN2C)c1. The highest BCUT2D eigenvalue weighted by atomic mass is 79.9. The maximum absolute atomic E-state index is 12.8. The first-order chi connectivity index (χ1) is 15.0. The van der Waals surface area contributed by atoms with Crippen molar-refractivity contribution in [1.82, 2.24) is 4.90 Å². The molecule has 4 rings (SSSR count). The molecule has 0 spiro atoms. The van der Waals surface area contributed by atoms with E-state index in [-0.39, 0.29) is 12.0 Å². The summed E-state index contributed by atoms with van der Waals surface area (Å²) in [7, 11) is 3.79. The number of likely N-dealkylation sites (N-methyl/N-ethyl adjacent to an activating group) is 1. The molecule has 1 aliphatic rings. The van der Waals surface area contributed by atoms with Crippen molar-refractivity contribution in [2.24, 2.45) is 0 Å². The molecule has 0 aromatic heterocycles. The molecule has 0 amide bonds. The first kappa shape index (κ1) is 22.1. The Morgan fingerprint density at radius 2 is 1.81 bits per heavy atom. The molecular weight excluding hydrogens is 522 g/mol. The van der Waals surface area contributed by atoms with Crippen LogP contribution in [-0.4, -0.2) is 31.6 Å². The van der Waals surface area contributed by atoms with Crippen LogP contribution in [-0.2, 0) is 12.8 Å². The number of esters is 1. The van der Waals surface area contributed by atoms with Gasteiger partial charge in [0.2, 0.25) is 0 Å². The third-order valence-corrected chi connectivity index (χ3v) is 7.23. The van der Waals surface area contributed by atoms with E-state index in [4.69, 9.17) is 9.47 Å². The Labute approximate surface area is 199 Å². The fraction of sp³-hybridized carbons (Fsp3) is 0.240. The summed E-state index contributed by atoms with van der Waals surface area (Å²) in [6, 6.07) is 19.0. The van der Waals surface area contributed by atoms with E-state index in [2.05, 4.69) is 49.9 Å². The van der Waals surface area contributed by atoms with Gasteiger partial charge in [0.1, 0.15) is 11.5 Å². The summed E-state index contributed by atoms with van der Waals surface area (Å²) in [5.74, 6) is 1.09. The lowest BCUT2D eigenvalue weighted by atomic mass is 9.88. The van der Waals surface area contributed by atoms with Gasteiger partial charge in [-0.05, 0) is 73.5 Å². The minimum absolute atomic E-state index is 0.0585.